The summed E-state index contributed by atoms with van der Waals surface area (Å²) < 4.78 is 1.85. The SMILES string of the molecule is Cc1cc(C(=O)N2Cc3ccc(C(=O)N(C)C[C@H](O)[C@@H](O)[C@H](O)[C@H](O)CO)n3Cc3ccccc32)ccc1C1=CCCc2ccccc21. The highest BCUT2D eigenvalue weighted by Crippen LogP contribution is 2.35. The van der Waals surface area contributed by atoms with Crippen LogP contribution in [-0.2, 0) is 19.5 Å². The van der Waals surface area contributed by atoms with Gasteiger partial charge in [0.1, 0.15) is 30.1 Å². The van der Waals surface area contributed by atoms with E-state index in [4.69, 9.17) is 5.11 Å². The number of fused-ring (bicyclic) bond motifs is 3. The van der Waals surface area contributed by atoms with Gasteiger partial charge in [0, 0.05) is 30.5 Å². The first-order valence-corrected chi connectivity index (χ1v) is 16.1. The Morgan fingerprint density at radius 3 is 2.29 bits per heavy atom. The van der Waals surface area contributed by atoms with Gasteiger partial charge in [0.05, 0.1) is 19.7 Å². The molecule has 0 saturated heterocycles. The molecule has 10 nitrogen and oxygen atoms in total. The third-order valence-electron chi connectivity index (χ3n) is 9.43. The summed E-state index contributed by atoms with van der Waals surface area (Å²) in [6.07, 6.45) is -2.54. The van der Waals surface area contributed by atoms with Gasteiger partial charge in [-0.15, -0.1) is 0 Å². The Bertz CT molecular complexity index is 1860. The maximum Gasteiger partial charge on any atom is 0.270 e. The number of aryl methyl sites for hydroxylation is 2. The average Bonchev–Trinajstić information content (AvgIpc) is 3.42. The van der Waals surface area contributed by atoms with Gasteiger partial charge in [-0.1, -0.05) is 54.6 Å². The van der Waals surface area contributed by atoms with Crippen LogP contribution in [0.1, 0.15) is 60.8 Å². The molecule has 4 aromatic rings. The van der Waals surface area contributed by atoms with Crippen molar-refractivity contribution in [2.75, 3.05) is 25.1 Å². The number of anilines is 1. The fourth-order valence-corrected chi connectivity index (χ4v) is 6.75. The van der Waals surface area contributed by atoms with Gasteiger partial charge in [0.2, 0.25) is 0 Å². The molecule has 10 heteroatoms. The number of rotatable bonds is 9. The fourth-order valence-electron chi connectivity index (χ4n) is 6.75. The maximum atomic E-state index is 14.2. The Labute approximate surface area is 279 Å². The van der Waals surface area contributed by atoms with Gasteiger partial charge in [0.15, 0.2) is 0 Å². The highest BCUT2D eigenvalue weighted by molar-refractivity contribution is 6.07. The zero-order valence-corrected chi connectivity index (χ0v) is 27.0. The molecule has 6 rings (SSSR count). The summed E-state index contributed by atoms with van der Waals surface area (Å²) in [5.74, 6) is -0.595. The van der Waals surface area contributed by atoms with Crippen LogP contribution in [0.3, 0.4) is 0 Å². The maximum absolute atomic E-state index is 14.2. The van der Waals surface area contributed by atoms with E-state index in [2.05, 4.69) is 30.3 Å². The lowest BCUT2D eigenvalue weighted by Crippen LogP contribution is -2.50. The second kappa shape index (κ2) is 13.9. The van der Waals surface area contributed by atoms with Crippen LogP contribution in [0.4, 0.5) is 5.69 Å². The second-order valence-electron chi connectivity index (χ2n) is 12.6. The first-order chi connectivity index (χ1) is 23.1. The smallest absolute Gasteiger partial charge is 0.270 e. The zero-order chi connectivity index (χ0) is 34.1. The number of carbonyl (C=O) groups excluding carboxylic acids is 2. The van der Waals surface area contributed by atoms with Gasteiger partial charge in [-0.25, -0.2) is 0 Å². The normalized spacial score (nSPS) is 16.4. The van der Waals surface area contributed by atoms with Gasteiger partial charge in [-0.3, -0.25) is 9.59 Å². The Morgan fingerprint density at radius 1 is 0.833 bits per heavy atom. The second-order valence-corrected chi connectivity index (χ2v) is 12.6. The van der Waals surface area contributed by atoms with Crippen molar-refractivity contribution in [1.29, 1.82) is 0 Å². The molecular weight excluding hydrogens is 610 g/mol. The molecule has 4 atom stereocenters. The number of para-hydroxylation sites is 1. The van der Waals surface area contributed by atoms with Gasteiger partial charge >= 0.3 is 0 Å². The fraction of sp³-hybridized carbons (Fsp3) is 0.316. The third kappa shape index (κ3) is 6.33. The molecule has 1 aliphatic carbocycles. The molecule has 48 heavy (non-hydrogen) atoms. The molecule has 1 aromatic heterocycles. The largest absolute Gasteiger partial charge is 0.394 e. The first-order valence-electron chi connectivity index (χ1n) is 16.1. The Hall–Kier alpha value is -4.58. The van der Waals surface area contributed by atoms with Crippen LogP contribution in [0, 0.1) is 6.92 Å². The van der Waals surface area contributed by atoms with E-state index >= 15 is 0 Å². The van der Waals surface area contributed by atoms with Crippen LogP contribution in [-0.4, -0.2) is 91.4 Å². The molecule has 0 spiro atoms. The predicted octanol–water partition coefficient (Wildman–Crippen LogP) is 2.89. The number of allylic oxidation sites excluding steroid dienone is 1. The van der Waals surface area contributed by atoms with E-state index in [1.54, 1.807) is 17.0 Å². The number of amides is 2. The Balaban J connectivity index is 1.25. The lowest BCUT2D eigenvalue weighted by atomic mass is 9.85. The van der Waals surface area contributed by atoms with Crippen LogP contribution in [0.15, 0.2) is 84.9 Å². The molecule has 2 aliphatic rings. The number of likely N-dealkylation sites (N-methyl/N-ethyl adjacent to an activating group) is 1. The van der Waals surface area contributed by atoms with Crippen molar-refractivity contribution < 1.29 is 35.1 Å². The molecule has 2 heterocycles. The standard InChI is InChI=1S/C38H41N3O7/c1-23-18-25(14-16-28(23)30-12-7-10-24-8-3-5-11-29(24)30)37(47)41-20-27-15-17-32(40(27)19-26-9-4-6-13-31(26)41)38(48)39(2)21-33(43)35(45)36(46)34(44)22-42/h3-6,8-9,11-18,33-36,42-46H,7,10,19-22H2,1-2H3/t33-,34+,35+,36+/m0/s1. The lowest BCUT2D eigenvalue weighted by molar-refractivity contribution is -0.117. The molecule has 5 N–H and O–H groups in total. The molecule has 250 valence electrons. The molecule has 2 amide bonds. The van der Waals surface area contributed by atoms with E-state index in [0.717, 1.165) is 40.9 Å². The summed E-state index contributed by atoms with van der Waals surface area (Å²) in [6, 6.07) is 25.4. The number of hydrogen-bond donors (Lipinski definition) is 5. The molecular formula is C38H41N3O7. The summed E-state index contributed by atoms with van der Waals surface area (Å²) in [4.78, 5) is 30.8. The van der Waals surface area contributed by atoms with E-state index in [1.807, 2.05) is 54.0 Å². The average molecular weight is 652 g/mol. The third-order valence-corrected chi connectivity index (χ3v) is 9.43. The van der Waals surface area contributed by atoms with Gasteiger partial charge < -0.3 is 39.9 Å². The summed E-state index contributed by atoms with van der Waals surface area (Å²) in [6.45, 7) is 1.45. The monoisotopic (exact) mass is 651 g/mol. The number of nitrogens with zero attached hydrogens (tertiary/aromatic N) is 3. The highest BCUT2D eigenvalue weighted by Gasteiger charge is 2.33. The summed E-state index contributed by atoms with van der Waals surface area (Å²) in [5.41, 5.74) is 9.10. The lowest BCUT2D eigenvalue weighted by Gasteiger charge is -2.28. The Kier molecular flexibility index (Phi) is 9.63. The van der Waals surface area contributed by atoms with E-state index in [0.29, 0.717) is 17.8 Å². The van der Waals surface area contributed by atoms with Gasteiger partial charge in [-0.05, 0) is 83.5 Å². The van der Waals surface area contributed by atoms with Crippen molar-refractivity contribution in [3.05, 3.63) is 130 Å². The Morgan fingerprint density at radius 2 is 1.54 bits per heavy atom. The first kappa shape index (κ1) is 33.3. The quantitative estimate of drug-likeness (QED) is 0.187. The van der Waals surface area contributed by atoms with Crippen LogP contribution in [0.5, 0.6) is 0 Å². The molecule has 0 saturated carbocycles. The molecule has 0 radical (unpaired) electrons. The predicted molar refractivity (Wildman–Crippen MR) is 182 cm³/mol. The minimum Gasteiger partial charge on any atom is -0.394 e. The molecule has 1 aliphatic heterocycles. The molecule has 0 unspecified atom stereocenters. The number of aromatic nitrogens is 1. The van der Waals surface area contributed by atoms with E-state index in [-0.39, 0.29) is 19.0 Å². The summed E-state index contributed by atoms with van der Waals surface area (Å²) >= 11 is 0. The van der Waals surface area contributed by atoms with Crippen LogP contribution in [0.25, 0.3) is 5.57 Å². The van der Waals surface area contributed by atoms with Gasteiger partial charge in [-0.2, -0.15) is 0 Å². The summed E-state index contributed by atoms with van der Waals surface area (Å²) in [7, 11) is 1.46. The van der Waals surface area contributed by atoms with Crippen molar-refractivity contribution in [1.82, 2.24) is 9.47 Å². The number of aliphatic hydroxyl groups is 5. The number of carbonyl (C=O) groups is 2. The van der Waals surface area contributed by atoms with E-state index < -0.39 is 36.9 Å². The minimum atomic E-state index is -1.79. The van der Waals surface area contributed by atoms with Crippen molar-refractivity contribution in [2.24, 2.45) is 0 Å². The molecule has 0 bridgehead atoms. The number of hydrogen-bond acceptors (Lipinski definition) is 7. The molecule has 3 aromatic carbocycles. The topological polar surface area (TPSA) is 147 Å². The van der Waals surface area contributed by atoms with Crippen LogP contribution < -0.4 is 4.90 Å². The minimum absolute atomic E-state index is 0.157. The van der Waals surface area contributed by atoms with Crippen molar-refractivity contribution in [3.63, 3.8) is 0 Å². The van der Waals surface area contributed by atoms with E-state index in [9.17, 15) is 30.0 Å². The summed E-state index contributed by atoms with van der Waals surface area (Å²) in [5, 5.41) is 49.4. The number of benzene rings is 3. The van der Waals surface area contributed by atoms with Crippen LogP contribution in [0.2, 0.25) is 0 Å². The van der Waals surface area contributed by atoms with E-state index in [1.165, 1.54) is 28.6 Å². The van der Waals surface area contributed by atoms with Crippen molar-refractivity contribution >= 4 is 23.1 Å². The molecule has 0 fully saturated rings. The van der Waals surface area contributed by atoms with Crippen molar-refractivity contribution in [2.45, 2.75) is 57.3 Å². The van der Waals surface area contributed by atoms with Crippen molar-refractivity contribution in [3.8, 4) is 0 Å². The van der Waals surface area contributed by atoms with Gasteiger partial charge in [0.25, 0.3) is 11.8 Å². The number of aliphatic hydroxyl groups excluding tert-OH is 5. The zero-order valence-electron chi connectivity index (χ0n) is 27.0. The highest BCUT2D eigenvalue weighted by atomic mass is 16.4. The van der Waals surface area contributed by atoms with Crippen LogP contribution >= 0.6 is 0 Å².